The van der Waals surface area contributed by atoms with E-state index in [0.717, 1.165) is 55.0 Å². The van der Waals surface area contributed by atoms with E-state index in [-0.39, 0.29) is 5.91 Å². The average molecular weight is 377 g/mol. The number of fused-ring (bicyclic) bond motifs is 2. The second kappa shape index (κ2) is 7.19. The first-order valence-electron chi connectivity index (χ1n) is 9.91. The lowest BCUT2D eigenvalue weighted by molar-refractivity contribution is 0.0711. The molecule has 0 radical (unpaired) electrons. The molecule has 5 rings (SSSR count). The van der Waals surface area contributed by atoms with Gasteiger partial charge >= 0.3 is 0 Å². The molecule has 3 heterocycles. The van der Waals surface area contributed by atoms with E-state index in [1.165, 1.54) is 0 Å². The number of para-hydroxylation sites is 2. The van der Waals surface area contributed by atoms with Gasteiger partial charge in [-0.2, -0.15) is 0 Å². The van der Waals surface area contributed by atoms with Gasteiger partial charge < -0.3 is 19.4 Å². The molecule has 1 amide bonds. The molecule has 1 aromatic heterocycles. The van der Waals surface area contributed by atoms with E-state index in [4.69, 9.17) is 14.5 Å². The zero-order chi connectivity index (χ0) is 18.9. The fourth-order valence-electron chi connectivity index (χ4n) is 4.00. The molecule has 1 saturated heterocycles. The minimum atomic E-state index is 0.0544. The monoisotopic (exact) mass is 377 g/mol. The number of benzene rings is 2. The first-order chi connectivity index (χ1) is 13.8. The number of likely N-dealkylation sites (tertiary alicyclic amines) is 1. The van der Waals surface area contributed by atoms with Crippen molar-refractivity contribution in [1.29, 1.82) is 0 Å². The number of ether oxygens (including phenoxy) is 2. The van der Waals surface area contributed by atoms with Crippen LogP contribution in [0.25, 0.3) is 11.0 Å². The molecule has 0 spiro atoms. The number of amides is 1. The van der Waals surface area contributed by atoms with Crippen LogP contribution in [0.3, 0.4) is 0 Å². The molecule has 2 aromatic carbocycles. The highest BCUT2D eigenvalue weighted by Crippen LogP contribution is 2.32. The van der Waals surface area contributed by atoms with Crippen LogP contribution in [-0.4, -0.2) is 47.1 Å². The Morgan fingerprint density at radius 1 is 1.04 bits per heavy atom. The van der Waals surface area contributed by atoms with Gasteiger partial charge in [0.1, 0.15) is 5.82 Å². The van der Waals surface area contributed by atoms with Crippen molar-refractivity contribution in [2.75, 3.05) is 26.3 Å². The highest BCUT2D eigenvalue weighted by Gasteiger charge is 2.27. The number of nitrogens with zero attached hydrogens (tertiary/aromatic N) is 2. The predicted molar refractivity (Wildman–Crippen MR) is 106 cm³/mol. The van der Waals surface area contributed by atoms with Crippen molar-refractivity contribution in [3.8, 4) is 11.5 Å². The maximum atomic E-state index is 13.0. The maximum absolute atomic E-state index is 13.0. The summed E-state index contributed by atoms with van der Waals surface area (Å²) in [6, 6.07) is 13.6. The Kier molecular flexibility index (Phi) is 4.39. The van der Waals surface area contributed by atoms with Gasteiger partial charge in [-0.25, -0.2) is 4.98 Å². The van der Waals surface area contributed by atoms with Crippen LogP contribution in [0.15, 0.2) is 42.5 Å². The van der Waals surface area contributed by atoms with Gasteiger partial charge in [-0.05, 0) is 43.2 Å². The Morgan fingerprint density at radius 3 is 2.64 bits per heavy atom. The normalized spacial score (nSPS) is 17.5. The second-order valence-electron chi connectivity index (χ2n) is 7.42. The lowest BCUT2D eigenvalue weighted by Crippen LogP contribution is -2.38. The van der Waals surface area contributed by atoms with Crippen LogP contribution >= 0.6 is 0 Å². The number of rotatable bonds is 2. The van der Waals surface area contributed by atoms with Crippen LogP contribution in [0.5, 0.6) is 11.5 Å². The smallest absolute Gasteiger partial charge is 0.253 e. The van der Waals surface area contributed by atoms with Gasteiger partial charge in [-0.3, -0.25) is 4.79 Å². The van der Waals surface area contributed by atoms with E-state index in [0.29, 0.717) is 30.4 Å². The molecule has 0 unspecified atom stereocenters. The first kappa shape index (κ1) is 17.1. The van der Waals surface area contributed by atoms with E-state index in [1.807, 2.05) is 41.3 Å². The third kappa shape index (κ3) is 3.19. The van der Waals surface area contributed by atoms with E-state index in [2.05, 4.69) is 11.1 Å². The summed E-state index contributed by atoms with van der Waals surface area (Å²) < 4.78 is 11.4. The number of aromatic amines is 1. The Balaban J connectivity index is 1.27. The van der Waals surface area contributed by atoms with Gasteiger partial charge in [0, 0.05) is 31.0 Å². The van der Waals surface area contributed by atoms with Crippen molar-refractivity contribution in [2.45, 2.75) is 25.2 Å². The van der Waals surface area contributed by atoms with Gasteiger partial charge in [0.15, 0.2) is 11.5 Å². The second-order valence-corrected chi connectivity index (χ2v) is 7.42. The van der Waals surface area contributed by atoms with Gasteiger partial charge in [0.2, 0.25) is 0 Å². The van der Waals surface area contributed by atoms with Crippen LogP contribution in [0.2, 0.25) is 0 Å². The minimum absolute atomic E-state index is 0.0544. The molecule has 1 N–H and O–H groups in total. The molecule has 2 aliphatic rings. The highest BCUT2D eigenvalue weighted by molar-refractivity contribution is 5.95. The Morgan fingerprint density at radius 2 is 1.82 bits per heavy atom. The third-order valence-electron chi connectivity index (χ3n) is 5.57. The summed E-state index contributed by atoms with van der Waals surface area (Å²) in [5.41, 5.74) is 2.73. The Hall–Kier alpha value is -3.02. The number of imidazole rings is 1. The number of aromatic nitrogens is 2. The summed E-state index contributed by atoms with van der Waals surface area (Å²) in [6.07, 6.45) is 2.68. The molecule has 144 valence electrons. The van der Waals surface area contributed by atoms with Gasteiger partial charge in [-0.15, -0.1) is 0 Å². The van der Waals surface area contributed by atoms with Gasteiger partial charge in [0.05, 0.1) is 24.2 Å². The maximum Gasteiger partial charge on any atom is 0.253 e. The van der Waals surface area contributed by atoms with Gasteiger partial charge in [-0.1, -0.05) is 12.1 Å². The molecule has 0 bridgehead atoms. The molecule has 2 aliphatic heterocycles. The molecule has 0 saturated carbocycles. The summed E-state index contributed by atoms with van der Waals surface area (Å²) in [4.78, 5) is 23.1. The van der Waals surface area contributed by atoms with Gasteiger partial charge in [0.25, 0.3) is 5.91 Å². The standard InChI is InChI=1S/C22H23N3O3/c26-22(16-6-7-19-20(14-16)28-13-3-12-27-19)25-10-8-15(9-11-25)21-23-17-4-1-2-5-18(17)24-21/h1-2,4-7,14-15H,3,8-13H2,(H,23,24). The molecule has 6 heteroatoms. The van der Waals surface area contributed by atoms with Crippen molar-refractivity contribution in [1.82, 2.24) is 14.9 Å². The number of piperidine rings is 1. The molecule has 6 nitrogen and oxygen atoms in total. The van der Waals surface area contributed by atoms with Crippen molar-refractivity contribution >= 4 is 16.9 Å². The van der Waals surface area contributed by atoms with Crippen LogP contribution < -0.4 is 9.47 Å². The number of hydrogen-bond acceptors (Lipinski definition) is 4. The first-order valence-corrected chi connectivity index (χ1v) is 9.91. The summed E-state index contributed by atoms with van der Waals surface area (Å²) in [7, 11) is 0. The third-order valence-corrected chi connectivity index (χ3v) is 5.57. The zero-order valence-electron chi connectivity index (χ0n) is 15.7. The average Bonchev–Trinajstić information content (AvgIpc) is 3.04. The van der Waals surface area contributed by atoms with Crippen molar-refractivity contribution in [3.05, 3.63) is 53.9 Å². The predicted octanol–water partition coefficient (Wildman–Crippen LogP) is 3.74. The molecule has 0 atom stereocenters. The topological polar surface area (TPSA) is 67.5 Å². The lowest BCUT2D eigenvalue weighted by Gasteiger charge is -2.31. The summed E-state index contributed by atoms with van der Waals surface area (Å²) in [5.74, 6) is 2.83. The Bertz CT molecular complexity index is 972. The molecule has 1 fully saturated rings. The number of carbonyl (C=O) groups is 1. The van der Waals surface area contributed by atoms with E-state index >= 15 is 0 Å². The number of nitrogens with one attached hydrogen (secondary N) is 1. The van der Waals surface area contributed by atoms with Crippen LogP contribution in [0.4, 0.5) is 0 Å². The SMILES string of the molecule is O=C(c1ccc2c(c1)OCCCO2)N1CCC(c2nc3ccccc3[nH]2)CC1. The number of H-pyrrole nitrogens is 1. The van der Waals surface area contributed by atoms with Crippen LogP contribution in [0, 0.1) is 0 Å². The zero-order valence-corrected chi connectivity index (χ0v) is 15.7. The van der Waals surface area contributed by atoms with Crippen molar-refractivity contribution < 1.29 is 14.3 Å². The van der Waals surface area contributed by atoms with Crippen molar-refractivity contribution in [3.63, 3.8) is 0 Å². The van der Waals surface area contributed by atoms with Crippen LogP contribution in [-0.2, 0) is 0 Å². The van der Waals surface area contributed by atoms with E-state index < -0.39 is 0 Å². The quantitative estimate of drug-likeness (QED) is 0.739. The molecular formula is C22H23N3O3. The van der Waals surface area contributed by atoms with E-state index in [1.54, 1.807) is 0 Å². The molecule has 28 heavy (non-hydrogen) atoms. The van der Waals surface area contributed by atoms with Crippen LogP contribution in [0.1, 0.15) is 41.4 Å². The minimum Gasteiger partial charge on any atom is -0.490 e. The Labute approximate surface area is 163 Å². The molecule has 0 aliphatic carbocycles. The lowest BCUT2D eigenvalue weighted by atomic mass is 9.95. The highest BCUT2D eigenvalue weighted by atomic mass is 16.5. The summed E-state index contributed by atoms with van der Waals surface area (Å²) >= 11 is 0. The van der Waals surface area contributed by atoms with Crippen molar-refractivity contribution in [2.24, 2.45) is 0 Å². The van der Waals surface area contributed by atoms with E-state index in [9.17, 15) is 4.79 Å². The molecular weight excluding hydrogens is 354 g/mol. The summed E-state index contributed by atoms with van der Waals surface area (Å²) in [6.45, 7) is 2.73. The fraction of sp³-hybridized carbons (Fsp3) is 0.364. The largest absolute Gasteiger partial charge is 0.490 e. The fourth-order valence-corrected chi connectivity index (χ4v) is 4.00. The number of carbonyl (C=O) groups excluding carboxylic acids is 1. The number of hydrogen-bond donors (Lipinski definition) is 1. The summed E-state index contributed by atoms with van der Waals surface area (Å²) in [5, 5.41) is 0. The molecule has 3 aromatic rings.